The van der Waals surface area contributed by atoms with E-state index in [4.69, 9.17) is 21.6 Å². The highest BCUT2D eigenvalue weighted by atomic mass is 35.5. The average Bonchev–Trinajstić information content (AvgIpc) is 2.28. The van der Waals surface area contributed by atoms with Gasteiger partial charge in [-0.15, -0.1) is 0 Å². The lowest BCUT2D eigenvalue weighted by molar-refractivity contribution is 0.305. The van der Waals surface area contributed by atoms with Crippen LogP contribution in [0.4, 0.5) is 0 Å². The van der Waals surface area contributed by atoms with E-state index < -0.39 is 0 Å². The topological polar surface area (TPSA) is 45.0 Å². The largest absolute Gasteiger partial charge is 0.492 e. The van der Waals surface area contributed by atoms with Crippen molar-refractivity contribution in [1.82, 2.24) is 5.32 Å². The predicted molar refractivity (Wildman–Crippen MR) is 69.4 cm³/mol. The number of hydrogen-bond acceptors (Lipinski definition) is 3. The van der Waals surface area contributed by atoms with E-state index in [-0.39, 0.29) is 0 Å². The van der Waals surface area contributed by atoms with Crippen molar-refractivity contribution in [3.05, 3.63) is 28.8 Å². The molecule has 0 unspecified atom stereocenters. The van der Waals surface area contributed by atoms with E-state index in [1.807, 2.05) is 0 Å². The van der Waals surface area contributed by atoms with Crippen LogP contribution in [0.25, 0.3) is 0 Å². The Bertz CT molecular complexity index is 399. The number of halogens is 1. The lowest BCUT2D eigenvalue weighted by Crippen LogP contribution is -2.24. The molecule has 0 atom stereocenters. The Balaban J connectivity index is 2.41. The molecule has 1 N–H and O–H groups in total. The van der Waals surface area contributed by atoms with Crippen LogP contribution in [0.15, 0.2) is 18.2 Å². The number of ether oxygens (including phenoxy) is 1. The Labute approximate surface area is 107 Å². The monoisotopic (exact) mass is 252 g/mol. The van der Waals surface area contributed by atoms with Gasteiger partial charge in [0, 0.05) is 17.1 Å². The smallest absolute Gasteiger partial charge is 0.138 e. The third kappa shape index (κ3) is 5.08. The van der Waals surface area contributed by atoms with Gasteiger partial charge in [0.15, 0.2) is 0 Å². The van der Waals surface area contributed by atoms with Gasteiger partial charge in [-0.05, 0) is 25.1 Å². The van der Waals surface area contributed by atoms with Crippen LogP contribution < -0.4 is 10.1 Å². The molecule has 17 heavy (non-hydrogen) atoms. The SMILES string of the molecule is CC(C)NCCCOc1cc(Cl)ccc1C#N. The van der Waals surface area contributed by atoms with Crippen molar-refractivity contribution in [2.75, 3.05) is 13.2 Å². The van der Waals surface area contributed by atoms with Crippen LogP contribution in [0.3, 0.4) is 0 Å². The molecule has 0 aromatic heterocycles. The summed E-state index contributed by atoms with van der Waals surface area (Å²) in [5.74, 6) is 0.560. The van der Waals surface area contributed by atoms with E-state index in [9.17, 15) is 0 Å². The minimum atomic E-state index is 0.482. The highest BCUT2D eigenvalue weighted by molar-refractivity contribution is 6.30. The zero-order chi connectivity index (χ0) is 12.7. The Hall–Kier alpha value is -1.24. The quantitative estimate of drug-likeness (QED) is 0.792. The lowest BCUT2D eigenvalue weighted by atomic mass is 10.2. The van der Waals surface area contributed by atoms with Crippen LogP contribution in [0, 0.1) is 11.3 Å². The summed E-state index contributed by atoms with van der Waals surface area (Å²) in [6.07, 6.45) is 0.898. The van der Waals surface area contributed by atoms with E-state index in [0.29, 0.717) is 29.0 Å². The zero-order valence-corrected chi connectivity index (χ0v) is 10.9. The van der Waals surface area contributed by atoms with E-state index in [0.717, 1.165) is 13.0 Å². The van der Waals surface area contributed by atoms with Gasteiger partial charge < -0.3 is 10.1 Å². The molecule has 1 aromatic rings. The Morgan fingerprint density at radius 2 is 2.24 bits per heavy atom. The molecular formula is C13H17ClN2O. The van der Waals surface area contributed by atoms with Crippen molar-refractivity contribution in [3.8, 4) is 11.8 Å². The number of benzene rings is 1. The second kappa shape index (κ2) is 7.16. The first-order chi connectivity index (χ1) is 8.13. The summed E-state index contributed by atoms with van der Waals surface area (Å²) in [6, 6.07) is 7.60. The van der Waals surface area contributed by atoms with Crippen molar-refractivity contribution in [2.45, 2.75) is 26.3 Å². The van der Waals surface area contributed by atoms with E-state index in [1.54, 1.807) is 18.2 Å². The van der Waals surface area contributed by atoms with Gasteiger partial charge in [-0.25, -0.2) is 0 Å². The number of nitriles is 1. The van der Waals surface area contributed by atoms with Crippen molar-refractivity contribution in [2.24, 2.45) is 0 Å². The summed E-state index contributed by atoms with van der Waals surface area (Å²) >= 11 is 5.85. The molecule has 0 saturated heterocycles. The van der Waals surface area contributed by atoms with Crippen LogP contribution >= 0.6 is 11.6 Å². The number of rotatable bonds is 6. The van der Waals surface area contributed by atoms with Crippen molar-refractivity contribution >= 4 is 11.6 Å². The predicted octanol–water partition coefficient (Wildman–Crippen LogP) is 2.98. The molecule has 0 fully saturated rings. The summed E-state index contributed by atoms with van der Waals surface area (Å²) in [5.41, 5.74) is 0.520. The van der Waals surface area contributed by atoms with E-state index >= 15 is 0 Å². The zero-order valence-electron chi connectivity index (χ0n) is 10.2. The normalized spacial score (nSPS) is 10.3. The van der Waals surface area contributed by atoms with Crippen molar-refractivity contribution < 1.29 is 4.74 Å². The summed E-state index contributed by atoms with van der Waals surface area (Å²) in [5, 5.41) is 12.8. The Kier molecular flexibility index (Phi) is 5.82. The molecule has 0 spiro atoms. The molecule has 3 nitrogen and oxygen atoms in total. The Morgan fingerprint density at radius 1 is 1.47 bits per heavy atom. The third-order valence-corrected chi connectivity index (χ3v) is 2.43. The third-order valence-electron chi connectivity index (χ3n) is 2.20. The molecule has 0 aliphatic heterocycles. The van der Waals surface area contributed by atoms with E-state index in [2.05, 4.69) is 25.2 Å². The maximum Gasteiger partial charge on any atom is 0.138 e. The van der Waals surface area contributed by atoms with Gasteiger partial charge >= 0.3 is 0 Å². The van der Waals surface area contributed by atoms with Crippen LogP contribution in [0.2, 0.25) is 5.02 Å². The molecule has 0 heterocycles. The first-order valence-electron chi connectivity index (χ1n) is 5.69. The fraction of sp³-hybridized carbons (Fsp3) is 0.462. The molecule has 0 amide bonds. The van der Waals surface area contributed by atoms with Crippen molar-refractivity contribution in [1.29, 1.82) is 5.26 Å². The highest BCUT2D eigenvalue weighted by Crippen LogP contribution is 2.22. The minimum Gasteiger partial charge on any atom is -0.492 e. The van der Waals surface area contributed by atoms with Crippen LogP contribution in [-0.2, 0) is 0 Å². The minimum absolute atomic E-state index is 0.482. The molecule has 1 rings (SSSR count). The van der Waals surface area contributed by atoms with Gasteiger partial charge in [-0.2, -0.15) is 5.26 Å². The van der Waals surface area contributed by atoms with Crippen LogP contribution in [0.5, 0.6) is 5.75 Å². The van der Waals surface area contributed by atoms with Gasteiger partial charge in [0.25, 0.3) is 0 Å². The standard InChI is InChI=1S/C13H17ClN2O/c1-10(2)16-6-3-7-17-13-8-12(14)5-4-11(13)9-15/h4-5,8,10,16H,3,6-7H2,1-2H3. The Morgan fingerprint density at radius 3 is 2.88 bits per heavy atom. The lowest BCUT2D eigenvalue weighted by Gasteiger charge is -2.10. The number of nitrogens with zero attached hydrogens (tertiary/aromatic N) is 1. The molecular weight excluding hydrogens is 236 g/mol. The summed E-state index contributed by atoms with van der Waals surface area (Å²) in [4.78, 5) is 0. The van der Waals surface area contributed by atoms with Gasteiger partial charge in [0.05, 0.1) is 12.2 Å². The molecule has 0 bridgehead atoms. The fourth-order valence-corrected chi connectivity index (χ4v) is 1.52. The van der Waals surface area contributed by atoms with Gasteiger partial charge in [0.2, 0.25) is 0 Å². The maximum atomic E-state index is 8.90. The fourth-order valence-electron chi connectivity index (χ4n) is 1.35. The number of hydrogen-bond donors (Lipinski definition) is 1. The molecule has 0 saturated carbocycles. The number of nitrogens with one attached hydrogen (secondary N) is 1. The van der Waals surface area contributed by atoms with Gasteiger partial charge in [-0.1, -0.05) is 25.4 Å². The summed E-state index contributed by atoms with van der Waals surface area (Å²) in [6.45, 7) is 5.69. The van der Waals surface area contributed by atoms with E-state index in [1.165, 1.54) is 0 Å². The second-order valence-electron chi connectivity index (χ2n) is 4.06. The summed E-state index contributed by atoms with van der Waals surface area (Å²) < 4.78 is 5.54. The van der Waals surface area contributed by atoms with Crippen molar-refractivity contribution in [3.63, 3.8) is 0 Å². The maximum absolute atomic E-state index is 8.90. The first kappa shape index (κ1) is 13.8. The summed E-state index contributed by atoms with van der Waals surface area (Å²) in [7, 11) is 0. The van der Waals surface area contributed by atoms with Gasteiger partial charge in [0.1, 0.15) is 11.8 Å². The second-order valence-corrected chi connectivity index (χ2v) is 4.50. The average molecular weight is 253 g/mol. The molecule has 0 aliphatic rings. The molecule has 92 valence electrons. The molecule has 0 aliphatic carbocycles. The van der Waals surface area contributed by atoms with Crippen LogP contribution in [-0.4, -0.2) is 19.2 Å². The van der Waals surface area contributed by atoms with Gasteiger partial charge in [-0.3, -0.25) is 0 Å². The molecule has 0 radical (unpaired) electrons. The first-order valence-corrected chi connectivity index (χ1v) is 6.07. The van der Waals surface area contributed by atoms with Crippen LogP contribution in [0.1, 0.15) is 25.8 Å². The highest BCUT2D eigenvalue weighted by Gasteiger charge is 2.03. The molecule has 1 aromatic carbocycles. The molecule has 4 heteroatoms.